The van der Waals surface area contributed by atoms with Crippen molar-refractivity contribution < 1.29 is 0 Å². The Morgan fingerprint density at radius 1 is 1.20 bits per heavy atom. The van der Waals surface area contributed by atoms with Crippen molar-refractivity contribution in [1.29, 1.82) is 0 Å². The normalized spacial score (nSPS) is 14.1. The molecule has 1 nitrogen and oxygen atoms in total. The van der Waals surface area contributed by atoms with Gasteiger partial charge in [-0.15, -0.1) is 6.58 Å². The summed E-state index contributed by atoms with van der Waals surface area (Å²) in [6, 6.07) is 0.135. The van der Waals surface area contributed by atoms with Crippen LogP contribution in [0.4, 0.5) is 0 Å². The topological polar surface area (TPSA) is 12.0 Å². The molecule has 1 N–H and O–H groups in total. The zero-order valence-corrected chi connectivity index (χ0v) is 9.32. The fraction of sp³-hybridized carbons (Fsp3) is 0.143. The maximum atomic E-state index is 3.76. The first-order valence-corrected chi connectivity index (χ1v) is 4.92. The Balaban J connectivity index is 4.58. The van der Waals surface area contributed by atoms with Crippen LogP contribution in [0, 0.1) is 0 Å². The Kier molecular flexibility index (Phi) is 7.79. The molecule has 0 aromatic carbocycles. The molecule has 0 rings (SSSR count). The predicted molar refractivity (Wildman–Crippen MR) is 69.6 cm³/mol. The molecule has 80 valence electrons. The van der Waals surface area contributed by atoms with Crippen LogP contribution >= 0.6 is 0 Å². The molecule has 1 atom stereocenters. The highest BCUT2D eigenvalue weighted by molar-refractivity contribution is 5.26. The van der Waals surface area contributed by atoms with Crippen LogP contribution in [0.1, 0.15) is 6.92 Å². The van der Waals surface area contributed by atoms with E-state index in [-0.39, 0.29) is 6.04 Å². The van der Waals surface area contributed by atoms with Crippen LogP contribution in [0.15, 0.2) is 74.0 Å². The third kappa shape index (κ3) is 6.33. The largest absolute Gasteiger partial charge is 0.375 e. The van der Waals surface area contributed by atoms with E-state index in [0.717, 1.165) is 5.70 Å². The second-order valence-corrected chi connectivity index (χ2v) is 2.88. The molecule has 0 amide bonds. The summed E-state index contributed by atoms with van der Waals surface area (Å²) in [5.41, 5.74) is 0.980. The Bertz CT molecular complexity index is 292. The van der Waals surface area contributed by atoms with Gasteiger partial charge in [-0.1, -0.05) is 49.6 Å². The van der Waals surface area contributed by atoms with Crippen molar-refractivity contribution in [2.75, 3.05) is 0 Å². The minimum atomic E-state index is 0.135. The van der Waals surface area contributed by atoms with Gasteiger partial charge in [0.1, 0.15) is 0 Å². The van der Waals surface area contributed by atoms with Crippen LogP contribution in [-0.4, -0.2) is 6.04 Å². The quantitative estimate of drug-likeness (QED) is 0.491. The van der Waals surface area contributed by atoms with E-state index in [4.69, 9.17) is 0 Å². The first-order valence-electron chi connectivity index (χ1n) is 4.92. The van der Waals surface area contributed by atoms with E-state index in [0.29, 0.717) is 0 Å². The van der Waals surface area contributed by atoms with E-state index in [1.54, 1.807) is 12.2 Å². The van der Waals surface area contributed by atoms with Crippen molar-refractivity contribution >= 4 is 0 Å². The minimum absolute atomic E-state index is 0.135. The SMILES string of the molecule is C=C/C=C\C(=C/C=C)NC(C=C)/C=C\C. The molecule has 1 unspecified atom stereocenters. The summed E-state index contributed by atoms with van der Waals surface area (Å²) in [6.45, 7) is 13.0. The van der Waals surface area contributed by atoms with Crippen molar-refractivity contribution in [3.63, 3.8) is 0 Å². The second-order valence-electron chi connectivity index (χ2n) is 2.88. The summed E-state index contributed by atoms with van der Waals surface area (Å²) in [7, 11) is 0. The fourth-order valence-electron chi connectivity index (χ4n) is 1.04. The molecule has 0 aromatic rings. The highest BCUT2D eigenvalue weighted by Crippen LogP contribution is 1.98. The average molecular weight is 201 g/mol. The van der Waals surface area contributed by atoms with E-state index < -0.39 is 0 Å². The summed E-state index contributed by atoms with van der Waals surface area (Å²) in [5.74, 6) is 0. The number of hydrogen-bond acceptors (Lipinski definition) is 1. The van der Waals surface area contributed by atoms with Crippen LogP contribution in [-0.2, 0) is 0 Å². The van der Waals surface area contributed by atoms with Gasteiger partial charge in [-0.3, -0.25) is 0 Å². The maximum Gasteiger partial charge on any atom is 0.0625 e. The molecule has 0 saturated heterocycles. The van der Waals surface area contributed by atoms with Gasteiger partial charge in [-0.05, 0) is 19.1 Å². The van der Waals surface area contributed by atoms with Gasteiger partial charge in [0.25, 0.3) is 0 Å². The molecule has 0 spiro atoms. The van der Waals surface area contributed by atoms with E-state index >= 15 is 0 Å². The highest BCUT2D eigenvalue weighted by atomic mass is 14.9. The van der Waals surface area contributed by atoms with Gasteiger partial charge >= 0.3 is 0 Å². The van der Waals surface area contributed by atoms with Crippen LogP contribution in [0.5, 0.6) is 0 Å². The van der Waals surface area contributed by atoms with Gasteiger partial charge in [-0.25, -0.2) is 0 Å². The molecule has 0 heterocycles. The zero-order chi connectivity index (χ0) is 11.5. The molecule has 0 aliphatic rings. The molecule has 0 saturated carbocycles. The van der Waals surface area contributed by atoms with Gasteiger partial charge < -0.3 is 5.32 Å². The molecule has 0 aliphatic carbocycles. The van der Waals surface area contributed by atoms with Crippen molar-refractivity contribution in [1.82, 2.24) is 5.32 Å². The minimum Gasteiger partial charge on any atom is -0.375 e. The third-order valence-electron chi connectivity index (χ3n) is 1.70. The van der Waals surface area contributed by atoms with E-state index in [1.807, 2.05) is 43.4 Å². The molecule has 1 heteroatoms. The lowest BCUT2D eigenvalue weighted by Crippen LogP contribution is -2.23. The third-order valence-corrected chi connectivity index (χ3v) is 1.70. The summed E-state index contributed by atoms with van der Waals surface area (Å²) in [5, 5.41) is 3.29. The Morgan fingerprint density at radius 2 is 1.93 bits per heavy atom. The van der Waals surface area contributed by atoms with Gasteiger partial charge in [0.05, 0.1) is 6.04 Å². The lowest BCUT2D eigenvalue weighted by atomic mass is 10.2. The van der Waals surface area contributed by atoms with Crippen molar-refractivity contribution in [2.24, 2.45) is 0 Å². The van der Waals surface area contributed by atoms with E-state index in [9.17, 15) is 0 Å². The molecule has 0 aromatic heterocycles. The van der Waals surface area contributed by atoms with Crippen LogP contribution in [0.2, 0.25) is 0 Å². The molecular formula is C14H19N. The number of rotatable bonds is 7. The Morgan fingerprint density at radius 3 is 2.40 bits per heavy atom. The van der Waals surface area contributed by atoms with Gasteiger partial charge in [0, 0.05) is 5.70 Å². The van der Waals surface area contributed by atoms with E-state index in [2.05, 4.69) is 25.1 Å². The molecular weight excluding hydrogens is 182 g/mol. The smallest absolute Gasteiger partial charge is 0.0625 e. The van der Waals surface area contributed by atoms with Crippen LogP contribution in [0.3, 0.4) is 0 Å². The van der Waals surface area contributed by atoms with Crippen LogP contribution < -0.4 is 5.32 Å². The molecule has 0 radical (unpaired) electrons. The van der Waals surface area contributed by atoms with Gasteiger partial charge in [-0.2, -0.15) is 0 Å². The Labute approximate surface area is 92.9 Å². The summed E-state index contributed by atoms with van der Waals surface area (Å²) >= 11 is 0. The zero-order valence-electron chi connectivity index (χ0n) is 9.32. The van der Waals surface area contributed by atoms with Crippen molar-refractivity contribution in [2.45, 2.75) is 13.0 Å². The maximum absolute atomic E-state index is 3.76. The molecule has 0 aliphatic heterocycles. The summed E-state index contributed by atoms with van der Waals surface area (Å²) in [6.07, 6.45) is 15.1. The summed E-state index contributed by atoms with van der Waals surface area (Å²) in [4.78, 5) is 0. The molecule has 0 bridgehead atoms. The predicted octanol–water partition coefficient (Wildman–Crippen LogP) is 3.52. The number of nitrogens with one attached hydrogen (secondary N) is 1. The van der Waals surface area contributed by atoms with Crippen molar-refractivity contribution in [3.05, 3.63) is 74.0 Å². The lowest BCUT2D eigenvalue weighted by Gasteiger charge is -2.12. The molecule has 15 heavy (non-hydrogen) atoms. The lowest BCUT2D eigenvalue weighted by molar-refractivity contribution is 0.806. The fourth-order valence-corrected chi connectivity index (χ4v) is 1.04. The number of hydrogen-bond donors (Lipinski definition) is 1. The monoisotopic (exact) mass is 201 g/mol. The molecule has 0 fully saturated rings. The number of allylic oxidation sites excluding steroid dienone is 6. The van der Waals surface area contributed by atoms with Crippen molar-refractivity contribution in [3.8, 4) is 0 Å². The average Bonchev–Trinajstić information content (AvgIpc) is 2.25. The Hall–Kier alpha value is -1.76. The first kappa shape index (κ1) is 13.2. The summed E-state index contributed by atoms with van der Waals surface area (Å²) < 4.78 is 0. The first-order chi connectivity index (χ1) is 7.28. The highest BCUT2D eigenvalue weighted by Gasteiger charge is 1.97. The second kappa shape index (κ2) is 8.82. The standard InChI is InChI=1S/C14H19N/c1-5-9-12-14(11-7-3)15-13(8-4)10-6-2/h5-13,15H,1,3-4H2,2H3/b10-6-,12-9-,14-11+. The van der Waals surface area contributed by atoms with Crippen LogP contribution in [0.25, 0.3) is 0 Å². The van der Waals surface area contributed by atoms with E-state index in [1.165, 1.54) is 0 Å². The van der Waals surface area contributed by atoms with Gasteiger partial charge in [0.2, 0.25) is 0 Å². The van der Waals surface area contributed by atoms with Gasteiger partial charge in [0.15, 0.2) is 0 Å².